The summed E-state index contributed by atoms with van der Waals surface area (Å²) >= 11 is 0. The maximum Gasteiger partial charge on any atom is 0.148 e. The molecule has 1 aromatic heterocycles. The van der Waals surface area contributed by atoms with Crippen LogP contribution in [0, 0.1) is 6.92 Å². The van der Waals surface area contributed by atoms with E-state index in [2.05, 4.69) is 41.6 Å². The quantitative estimate of drug-likeness (QED) is 0.869. The molecule has 1 aliphatic heterocycles. The maximum atomic E-state index is 11.3. The van der Waals surface area contributed by atoms with Crippen molar-refractivity contribution in [3.63, 3.8) is 0 Å². The normalized spacial score (nSPS) is 16.3. The van der Waals surface area contributed by atoms with Gasteiger partial charge in [-0.2, -0.15) is 0 Å². The number of aromatic nitrogens is 1. The summed E-state index contributed by atoms with van der Waals surface area (Å²) in [6.07, 6.45) is 2.30. The number of hydrogen-bond donors (Lipinski definition) is 0. The Hall–Kier alpha value is -1.33. The lowest BCUT2D eigenvalue weighted by molar-refractivity contribution is 0.267. The molecule has 1 aliphatic rings. The fraction of sp³-hybridized carbons (Fsp3) is 0.500. The zero-order valence-electron chi connectivity index (χ0n) is 12.9. The molecule has 21 heavy (non-hydrogen) atoms. The van der Waals surface area contributed by atoms with E-state index < -0.39 is 9.84 Å². The molecule has 5 heteroatoms. The number of rotatable bonds is 3. The lowest BCUT2D eigenvalue weighted by Crippen LogP contribution is -2.34. The largest absolute Gasteiger partial charge is 0.347 e. The van der Waals surface area contributed by atoms with E-state index in [1.807, 2.05) is 0 Å². The van der Waals surface area contributed by atoms with Gasteiger partial charge in [-0.05, 0) is 24.6 Å². The minimum Gasteiger partial charge on any atom is -0.347 e. The minimum absolute atomic E-state index is 0.242. The molecule has 4 nitrogen and oxygen atoms in total. The van der Waals surface area contributed by atoms with E-state index in [-0.39, 0.29) is 5.75 Å². The van der Waals surface area contributed by atoms with Crippen molar-refractivity contribution in [3.8, 4) is 0 Å². The summed E-state index contributed by atoms with van der Waals surface area (Å²) in [6, 6.07) is 6.58. The molecule has 0 unspecified atom stereocenters. The van der Waals surface area contributed by atoms with Crippen molar-refractivity contribution in [3.05, 3.63) is 35.0 Å². The second-order valence-corrected chi connectivity index (χ2v) is 8.42. The van der Waals surface area contributed by atoms with Crippen molar-refractivity contribution in [1.29, 1.82) is 0 Å². The van der Waals surface area contributed by atoms with Gasteiger partial charge < -0.3 is 4.57 Å². The Kier molecular flexibility index (Phi) is 3.58. The predicted molar refractivity (Wildman–Crippen MR) is 86.3 cm³/mol. The molecule has 0 aliphatic carbocycles. The van der Waals surface area contributed by atoms with Crippen LogP contribution in [0.2, 0.25) is 0 Å². The first-order chi connectivity index (χ1) is 9.85. The zero-order chi connectivity index (χ0) is 15.2. The summed E-state index contributed by atoms with van der Waals surface area (Å²) in [7, 11) is -0.764. The summed E-state index contributed by atoms with van der Waals surface area (Å²) < 4.78 is 25.0. The van der Waals surface area contributed by atoms with Gasteiger partial charge in [-0.3, -0.25) is 4.90 Å². The van der Waals surface area contributed by atoms with Gasteiger partial charge in [0.15, 0.2) is 0 Å². The molecule has 3 rings (SSSR count). The van der Waals surface area contributed by atoms with E-state index in [0.29, 0.717) is 6.54 Å². The van der Waals surface area contributed by atoms with Gasteiger partial charge in [-0.1, -0.05) is 11.6 Å². The van der Waals surface area contributed by atoms with Crippen molar-refractivity contribution in [2.45, 2.75) is 19.9 Å². The first kappa shape index (κ1) is 14.6. The molecule has 114 valence electrons. The second kappa shape index (κ2) is 5.14. The SMILES string of the molecule is Cc1ccc2c(c1)c1c(n2C)CCN(CCS(C)(=O)=O)C1. The number of fused-ring (bicyclic) bond motifs is 3. The van der Waals surface area contributed by atoms with Crippen LogP contribution in [0.3, 0.4) is 0 Å². The van der Waals surface area contributed by atoms with Crippen LogP contribution in [0.5, 0.6) is 0 Å². The van der Waals surface area contributed by atoms with Gasteiger partial charge >= 0.3 is 0 Å². The summed E-state index contributed by atoms with van der Waals surface area (Å²) in [4.78, 5) is 2.26. The van der Waals surface area contributed by atoms with E-state index in [9.17, 15) is 8.42 Å². The number of hydrogen-bond acceptors (Lipinski definition) is 3. The molecule has 0 spiro atoms. The van der Waals surface area contributed by atoms with Crippen LogP contribution in [0.4, 0.5) is 0 Å². The molecule has 1 aromatic carbocycles. The molecule has 0 atom stereocenters. The molecule has 2 aromatic rings. The van der Waals surface area contributed by atoms with Gasteiger partial charge in [0.1, 0.15) is 9.84 Å². The molecular formula is C16H22N2O2S. The van der Waals surface area contributed by atoms with Gasteiger partial charge in [-0.25, -0.2) is 8.42 Å². The average molecular weight is 306 g/mol. The van der Waals surface area contributed by atoms with Gasteiger partial charge in [-0.15, -0.1) is 0 Å². The Morgan fingerprint density at radius 2 is 2.05 bits per heavy atom. The molecule has 2 heterocycles. The van der Waals surface area contributed by atoms with Crippen LogP contribution >= 0.6 is 0 Å². The lowest BCUT2D eigenvalue weighted by Gasteiger charge is -2.27. The summed E-state index contributed by atoms with van der Waals surface area (Å²) in [5, 5.41) is 1.32. The Morgan fingerprint density at radius 1 is 1.29 bits per heavy atom. The highest BCUT2D eigenvalue weighted by atomic mass is 32.2. The molecule has 0 bridgehead atoms. The number of benzene rings is 1. The third-order valence-electron chi connectivity index (χ3n) is 4.42. The topological polar surface area (TPSA) is 42.3 Å². The van der Waals surface area contributed by atoms with E-state index >= 15 is 0 Å². The van der Waals surface area contributed by atoms with Crippen molar-refractivity contribution in [1.82, 2.24) is 9.47 Å². The van der Waals surface area contributed by atoms with E-state index in [4.69, 9.17) is 0 Å². The van der Waals surface area contributed by atoms with Gasteiger partial charge in [0.05, 0.1) is 5.75 Å². The fourth-order valence-corrected chi connectivity index (χ4v) is 3.82. The fourth-order valence-electron chi connectivity index (χ4n) is 3.23. The highest BCUT2D eigenvalue weighted by molar-refractivity contribution is 7.90. The van der Waals surface area contributed by atoms with Crippen molar-refractivity contribution in [2.75, 3.05) is 25.1 Å². The zero-order valence-corrected chi connectivity index (χ0v) is 13.7. The average Bonchev–Trinajstić information content (AvgIpc) is 2.69. The first-order valence-electron chi connectivity index (χ1n) is 7.32. The van der Waals surface area contributed by atoms with Gasteiger partial charge in [0.2, 0.25) is 0 Å². The Morgan fingerprint density at radius 3 is 2.76 bits per heavy atom. The molecule has 0 amide bonds. The van der Waals surface area contributed by atoms with Crippen LogP contribution in [0.1, 0.15) is 16.8 Å². The second-order valence-electron chi connectivity index (χ2n) is 6.16. The number of sulfone groups is 1. The van der Waals surface area contributed by atoms with E-state index in [1.54, 1.807) is 0 Å². The van der Waals surface area contributed by atoms with Crippen molar-refractivity contribution >= 4 is 20.7 Å². The summed E-state index contributed by atoms with van der Waals surface area (Å²) in [5.74, 6) is 0.242. The first-order valence-corrected chi connectivity index (χ1v) is 9.38. The van der Waals surface area contributed by atoms with Crippen molar-refractivity contribution in [2.24, 2.45) is 7.05 Å². The molecule has 0 N–H and O–H groups in total. The smallest absolute Gasteiger partial charge is 0.148 e. The van der Waals surface area contributed by atoms with E-state index in [0.717, 1.165) is 19.5 Å². The van der Waals surface area contributed by atoms with Crippen LogP contribution in [-0.2, 0) is 29.9 Å². The third-order valence-corrected chi connectivity index (χ3v) is 5.34. The van der Waals surface area contributed by atoms with Crippen molar-refractivity contribution < 1.29 is 8.42 Å². The number of aryl methyl sites for hydroxylation is 2. The lowest BCUT2D eigenvalue weighted by atomic mass is 10.0. The molecule has 0 fully saturated rings. The Balaban J connectivity index is 1.93. The highest BCUT2D eigenvalue weighted by Gasteiger charge is 2.23. The Bertz CT molecular complexity index is 790. The number of nitrogens with zero attached hydrogens (tertiary/aromatic N) is 2. The standard InChI is InChI=1S/C16H22N2O2S/c1-12-4-5-15-13(10-12)14-11-18(8-9-21(3,19)20)7-6-16(14)17(15)2/h4-5,10H,6-9,11H2,1-3H3. The van der Waals surface area contributed by atoms with Crippen LogP contribution in [-0.4, -0.2) is 43.0 Å². The predicted octanol–water partition coefficient (Wildman–Crippen LogP) is 1.89. The van der Waals surface area contributed by atoms with Crippen LogP contribution in [0.15, 0.2) is 18.2 Å². The van der Waals surface area contributed by atoms with Crippen LogP contribution < -0.4 is 0 Å². The van der Waals surface area contributed by atoms with Gasteiger partial charge in [0.25, 0.3) is 0 Å². The Labute approximate surface area is 126 Å². The van der Waals surface area contributed by atoms with Crippen LogP contribution in [0.25, 0.3) is 10.9 Å². The molecular weight excluding hydrogens is 284 g/mol. The summed E-state index contributed by atoms with van der Waals surface area (Å²) in [6.45, 7) is 4.53. The molecule has 0 saturated carbocycles. The molecule has 0 saturated heterocycles. The molecule has 0 radical (unpaired) electrons. The maximum absolute atomic E-state index is 11.3. The van der Waals surface area contributed by atoms with E-state index in [1.165, 1.54) is 34.0 Å². The highest BCUT2D eigenvalue weighted by Crippen LogP contribution is 2.30. The summed E-state index contributed by atoms with van der Waals surface area (Å²) in [5.41, 5.74) is 5.31. The van der Waals surface area contributed by atoms with Gasteiger partial charge in [0, 0.05) is 56.0 Å². The minimum atomic E-state index is -2.89. The monoisotopic (exact) mass is 306 g/mol. The third kappa shape index (κ3) is 2.85.